The van der Waals surface area contributed by atoms with Crippen LogP contribution in [-0.2, 0) is 34.5 Å². The van der Waals surface area contributed by atoms with Crippen molar-refractivity contribution in [2.45, 2.75) is 38.3 Å². The van der Waals surface area contributed by atoms with Crippen LogP contribution in [0.5, 0.6) is 0 Å². The maximum atomic E-state index is 13.3. The summed E-state index contributed by atoms with van der Waals surface area (Å²) in [6.07, 6.45) is 3.05. The van der Waals surface area contributed by atoms with Crippen molar-refractivity contribution in [3.63, 3.8) is 0 Å². The number of hydrogen-bond acceptors (Lipinski definition) is 4. The van der Waals surface area contributed by atoms with Crippen LogP contribution < -0.4 is 16.0 Å². The Morgan fingerprint density at radius 1 is 0.946 bits per heavy atom. The van der Waals surface area contributed by atoms with Gasteiger partial charge in [-0.05, 0) is 60.6 Å². The zero-order chi connectivity index (χ0) is 26.0. The second-order valence-corrected chi connectivity index (χ2v) is 9.55. The van der Waals surface area contributed by atoms with Crippen molar-refractivity contribution >= 4 is 29.4 Å². The number of aryl methyl sites for hydroxylation is 2. The Kier molecular flexibility index (Phi) is 6.48. The van der Waals surface area contributed by atoms with Gasteiger partial charge in [-0.3, -0.25) is 19.3 Å². The van der Waals surface area contributed by atoms with Crippen molar-refractivity contribution < 1.29 is 19.2 Å². The second kappa shape index (κ2) is 9.89. The topological polar surface area (TPSA) is 108 Å². The number of imide groups is 1. The van der Waals surface area contributed by atoms with Crippen LogP contribution in [0.1, 0.15) is 46.0 Å². The Balaban J connectivity index is 1.26. The monoisotopic (exact) mass is 496 g/mol. The number of para-hydroxylation sites is 1. The van der Waals surface area contributed by atoms with Crippen molar-refractivity contribution in [1.82, 2.24) is 15.5 Å². The predicted molar refractivity (Wildman–Crippen MR) is 139 cm³/mol. The molecule has 1 saturated heterocycles. The number of amides is 5. The molecule has 5 rings (SSSR count). The summed E-state index contributed by atoms with van der Waals surface area (Å²) in [4.78, 5) is 52.7. The fourth-order valence-corrected chi connectivity index (χ4v) is 4.92. The van der Waals surface area contributed by atoms with Crippen molar-refractivity contribution in [1.29, 1.82) is 0 Å². The third-order valence-electron chi connectivity index (χ3n) is 6.99. The minimum atomic E-state index is -1.25. The van der Waals surface area contributed by atoms with E-state index in [4.69, 9.17) is 0 Å². The van der Waals surface area contributed by atoms with Crippen molar-refractivity contribution in [3.8, 4) is 0 Å². The molecule has 1 fully saturated rings. The summed E-state index contributed by atoms with van der Waals surface area (Å²) in [6.45, 7) is 1.53. The Hall–Kier alpha value is -4.46. The standard InChI is InChI=1S/C29H28N4O4/c1-29(22-15-14-20-10-7-11-21(20)16-22)27(36)33(28(37)32-29)18-25(34)31-24-13-6-5-12-23(24)26(35)30-17-19-8-3-2-4-9-19/h2-6,8-9,12-16H,7,10-11,17-18H2,1H3,(H,30,35)(H,31,34)(H,32,37). The van der Waals surface area contributed by atoms with Crippen LogP contribution in [0.3, 0.4) is 0 Å². The van der Waals surface area contributed by atoms with Crippen molar-refractivity contribution in [3.05, 3.63) is 101 Å². The number of urea groups is 1. The number of nitrogens with zero attached hydrogens (tertiary/aromatic N) is 1. The summed E-state index contributed by atoms with van der Waals surface area (Å²) in [5.41, 5.74) is 3.45. The van der Waals surface area contributed by atoms with E-state index in [1.54, 1.807) is 31.2 Å². The van der Waals surface area contributed by atoms with Gasteiger partial charge < -0.3 is 16.0 Å². The van der Waals surface area contributed by atoms with Crippen LogP contribution in [0.4, 0.5) is 10.5 Å². The van der Waals surface area contributed by atoms with Crippen molar-refractivity contribution in [2.24, 2.45) is 0 Å². The molecule has 0 saturated carbocycles. The molecule has 188 valence electrons. The lowest BCUT2D eigenvalue weighted by Crippen LogP contribution is -2.42. The van der Waals surface area contributed by atoms with E-state index >= 15 is 0 Å². The maximum absolute atomic E-state index is 13.3. The fraction of sp³-hybridized carbons (Fsp3) is 0.241. The van der Waals surface area contributed by atoms with Gasteiger partial charge >= 0.3 is 6.03 Å². The van der Waals surface area contributed by atoms with Gasteiger partial charge in [0, 0.05) is 6.54 Å². The highest BCUT2D eigenvalue weighted by atomic mass is 16.2. The molecule has 1 unspecified atom stereocenters. The molecule has 1 heterocycles. The SMILES string of the molecule is CC1(c2ccc3c(c2)CCC3)NC(=O)N(CC(=O)Nc2ccccc2C(=O)NCc2ccccc2)C1=O. The van der Waals surface area contributed by atoms with Gasteiger partial charge in [-0.2, -0.15) is 0 Å². The first-order valence-electron chi connectivity index (χ1n) is 12.3. The first-order valence-corrected chi connectivity index (χ1v) is 12.3. The van der Waals surface area contributed by atoms with Crippen LogP contribution in [0.2, 0.25) is 0 Å². The largest absolute Gasteiger partial charge is 0.348 e. The molecule has 1 aliphatic carbocycles. The highest BCUT2D eigenvalue weighted by Gasteiger charge is 2.49. The zero-order valence-electron chi connectivity index (χ0n) is 20.5. The van der Waals surface area contributed by atoms with E-state index in [0.717, 1.165) is 29.7 Å². The van der Waals surface area contributed by atoms with Gasteiger partial charge in [0.25, 0.3) is 11.8 Å². The van der Waals surface area contributed by atoms with Gasteiger partial charge in [0.2, 0.25) is 5.91 Å². The third-order valence-corrected chi connectivity index (χ3v) is 6.99. The number of anilines is 1. The van der Waals surface area contributed by atoms with E-state index in [-0.39, 0.29) is 11.5 Å². The second-order valence-electron chi connectivity index (χ2n) is 9.55. The normalized spacial score (nSPS) is 18.4. The number of carbonyl (C=O) groups is 4. The van der Waals surface area contributed by atoms with Crippen LogP contribution in [0.25, 0.3) is 0 Å². The van der Waals surface area contributed by atoms with Crippen LogP contribution >= 0.6 is 0 Å². The van der Waals surface area contributed by atoms with Gasteiger partial charge in [-0.25, -0.2) is 4.79 Å². The van der Waals surface area contributed by atoms with E-state index in [1.807, 2.05) is 48.5 Å². The van der Waals surface area contributed by atoms with Crippen LogP contribution in [0.15, 0.2) is 72.8 Å². The van der Waals surface area contributed by atoms with Crippen LogP contribution in [-0.4, -0.2) is 35.2 Å². The fourth-order valence-electron chi connectivity index (χ4n) is 4.92. The Labute approximate surface area is 215 Å². The van der Waals surface area contributed by atoms with Crippen molar-refractivity contribution in [2.75, 3.05) is 11.9 Å². The molecule has 8 heteroatoms. The highest BCUT2D eigenvalue weighted by Crippen LogP contribution is 2.32. The molecule has 1 aliphatic heterocycles. The molecule has 37 heavy (non-hydrogen) atoms. The number of hydrogen-bond donors (Lipinski definition) is 3. The Morgan fingerprint density at radius 2 is 1.68 bits per heavy atom. The average molecular weight is 497 g/mol. The molecule has 3 aromatic carbocycles. The number of benzene rings is 3. The smallest absolute Gasteiger partial charge is 0.325 e. The summed E-state index contributed by atoms with van der Waals surface area (Å²) >= 11 is 0. The quantitative estimate of drug-likeness (QED) is 0.435. The molecular weight excluding hydrogens is 468 g/mol. The lowest BCUT2D eigenvalue weighted by molar-refractivity contribution is -0.133. The molecule has 5 amide bonds. The molecular formula is C29H28N4O4. The van der Waals surface area contributed by atoms with Crippen LogP contribution in [0, 0.1) is 0 Å². The number of carbonyl (C=O) groups excluding carboxylic acids is 4. The molecule has 8 nitrogen and oxygen atoms in total. The first-order chi connectivity index (χ1) is 17.8. The average Bonchev–Trinajstić information content (AvgIpc) is 3.46. The Morgan fingerprint density at radius 3 is 2.49 bits per heavy atom. The summed E-state index contributed by atoms with van der Waals surface area (Å²) < 4.78 is 0. The molecule has 3 N–H and O–H groups in total. The van der Waals surface area contributed by atoms with E-state index in [0.29, 0.717) is 17.8 Å². The van der Waals surface area contributed by atoms with E-state index < -0.39 is 29.9 Å². The third kappa shape index (κ3) is 4.82. The number of rotatable bonds is 7. The van der Waals surface area contributed by atoms with Gasteiger partial charge in [0.1, 0.15) is 12.1 Å². The maximum Gasteiger partial charge on any atom is 0.325 e. The first kappa shape index (κ1) is 24.2. The van der Waals surface area contributed by atoms with E-state index in [1.165, 1.54) is 11.1 Å². The van der Waals surface area contributed by atoms with Gasteiger partial charge in [-0.15, -0.1) is 0 Å². The lowest BCUT2D eigenvalue weighted by atomic mass is 9.89. The van der Waals surface area contributed by atoms with E-state index in [2.05, 4.69) is 16.0 Å². The zero-order valence-corrected chi connectivity index (χ0v) is 20.5. The van der Waals surface area contributed by atoms with Gasteiger partial charge in [0.05, 0.1) is 11.3 Å². The lowest BCUT2D eigenvalue weighted by Gasteiger charge is -2.23. The number of fused-ring (bicyclic) bond motifs is 1. The summed E-state index contributed by atoms with van der Waals surface area (Å²) in [7, 11) is 0. The molecule has 3 aromatic rings. The molecule has 0 radical (unpaired) electrons. The minimum Gasteiger partial charge on any atom is -0.348 e. The molecule has 2 aliphatic rings. The summed E-state index contributed by atoms with van der Waals surface area (Å²) in [5, 5.41) is 8.29. The summed E-state index contributed by atoms with van der Waals surface area (Å²) in [5.74, 6) is -1.41. The highest BCUT2D eigenvalue weighted by molar-refractivity contribution is 6.11. The molecule has 0 spiro atoms. The van der Waals surface area contributed by atoms with Gasteiger partial charge in [-0.1, -0.05) is 60.7 Å². The predicted octanol–water partition coefficient (Wildman–Crippen LogP) is 3.51. The molecule has 1 atom stereocenters. The summed E-state index contributed by atoms with van der Waals surface area (Å²) in [6, 6.07) is 21.3. The molecule has 0 aromatic heterocycles. The Bertz CT molecular complexity index is 1390. The minimum absolute atomic E-state index is 0.284. The molecule has 0 bridgehead atoms. The van der Waals surface area contributed by atoms with Gasteiger partial charge in [0.15, 0.2) is 0 Å². The van der Waals surface area contributed by atoms with E-state index in [9.17, 15) is 19.2 Å². The number of nitrogens with one attached hydrogen (secondary N) is 3.